The van der Waals surface area contributed by atoms with Crippen LogP contribution in [0.5, 0.6) is 0 Å². The molecule has 1 aromatic carbocycles. The number of piperidine rings is 1. The van der Waals surface area contributed by atoms with Crippen molar-refractivity contribution in [2.75, 3.05) is 51.3 Å². The summed E-state index contributed by atoms with van der Waals surface area (Å²) >= 11 is 0. The van der Waals surface area contributed by atoms with Crippen LogP contribution in [0.1, 0.15) is 34.9 Å². The molecule has 4 rings (SSSR count). The highest BCUT2D eigenvalue weighted by atomic mass is 32.2. The third kappa shape index (κ3) is 4.27. The van der Waals surface area contributed by atoms with Gasteiger partial charge in [0.05, 0.1) is 13.2 Å². The first-order valence-electron chi connectivity index (χ1n) is 10.2. The van der Waals surface area contributed by atoms with Crippen LogP contribution in [0.2, 0.25) is 0 Å². The van der Waals surface area contributed by atoms with Gasteiger partial charge in [-0.1, -0.05) is 18.2 Å². The first-order chi connectivity index (χ1) is 14.5. The highest BCUT2D eigenvalue weighted by molar-refractivity contribution is 7.86. The van der Waals surface area contributed by atoms with Gasteiger partial charge in [-0.15, -0.1) is 0 Å². The third-order valence-electron chi connectivity index (χ3n) is 5.78. The standard InChI is InChI=1S/C20H27N5O4S/c1-23(17-5-3-2-4-6-17)20(26)19-15-18(21-22-19)16-7-9-24(10-8-16)30(27,28)25-11-13-29-14-12-25/h2-6,15-16H,7-14H2,1H3,(H,21,22). The van der Waals surface area contributed by atoms with E-state index < -0.39 is 10.2 Å². The Labute approximate surface area is 176 Å². The molecular weight excluding hydrogens is 406 g/mol. The van der Waals surface area contributed by atoms with Gasteiger partial charge in [0.2, 0.25) is 0 Å². The van der Waals surface area contributed by atoms with Crippen molar-refractivity contribution in [1.29, 1.82) is 0 Å². The summed E-state index contributed by atoms with van der Waals surface area (Å²) in [6.07, 6.45) is 1.38. The van der Waals surface area contributed by atoms with Crippen molar-refractivity contribution in [2.24, 2.45) is 0 Å². The molecule has 0 bridgehead atoms. The molecule has 1 N–H and O–H groups in total. The number of carbonyl (C=O) groups excluding carboxylic acids is 1. The highest BCUT2D eigenvalue weighted by Crippen LogP contribution is 2.29. The SMILES string of the molecule is CN(C(=O)c1cc(C2CCN(S(=O)(=O)N3CCOCC3)CC2)[nH]n1)c1ccccc1. The summed E-state index contributed by atoms with van der Waals surface area (Å²) in [5.74, 6) is -0.0340. The van der Waals surface area contributed by atoms with Gasteiger partial charge in [-0.3, -0.25) is 9.89 Å². The van der Waals surface area contributed by atoms with Crippen LogP contribution in [0.3, 0.4) is 0 Å². The van der Waals surface area contributed by atoms with Gasteiger partial charge in [-0.05, 0) is 31.0 Å². The van der Waals surface area contributed by atoms with Crippen molar-refractivity contribution in [2.45, 2.75) is 18.8 Å². The largest absolute Gasteiger partial charge is 0.379 e. The topological polar surface area (TPSA) is 98.8 Å². The molecule has 162 valence electrons. The molecule has 10 heteroatoms. The van der Waals surface area contributed by atoms with Gasteiger partial charge in [0.1, 0.15) is 0 Å². The number of hydrogen-bond donors (Lipinski definition) is 1. The Balaban J connectivity index is 1.38. The fraction of sp³-hybridized carbons (Fsp3) is 0.500. The van der Waals surface area contributed by atoms with Gasteiger partial charge in [0, 0.05) is 50.5 Å². The van der Waals surface area contributed by atoms with Gasteiger partial charge >= 0.3 is 0 Å². The Morgan fingerprint density at radius 2 is 1.73 bits per heavy atom. The zero-order valence-corrected chi connectivity index (χ0v) is 17.8. The molecule has 2 saturated heterocycles. The fourth-order valence-electron chi connectivity index (χ4n) is 3.93. The molecule has 2 fully saturated rings. The number of H-pyrrole nitrogens is 1. The minimum atomic E-state index is -3.44. The lowest BCUT2D eigenvalue weighted by molar-refractivity contribution is 0.0696. The Bertz CT molecular complexity index is 964. The lowest BCUT2D eigenvalue weighted by atomic mass is 9.94. The Kier molecular flexibility index (Phi) is 6.19. The van der Waals surface area contributed by atoms with Crippen LogP contribution < -0.4 is 4.90 Å². The minimum absolute atomic E-state index is 0.150. The Morgan fingerprint density at radius 3 is 2.40 bits per heavy atom. The van der Waals surface area contributed by atoms with Crippen molar-refractivity contribution in [3.8, 4) is 0 Å². The second-order valence-corrected chi connectivity index (χ2v) is 9.53. The number of benzene rings is 1. The molecule has 0 unspecified atom stereocenters. The summed E-state index contributed by atoms with van der Waals surface area (Å²) in [6.45, 7) is 2.61. The zero-order chi connectivity index (χ0) is 21.1. The van der Waals surface area contributed by atoms with Crippen molar-refractivity contribution in [3.05, 3.63) is 47.8 Å². The van der Waals surface area contributed by atoms with Gasteiger partial charge in [0.15, 0.2) is 5.69 Å². The second-order valence-electron chi connectivity index (χ2n) is 7.60. The molecule has 2 aliphatic heterocycles. The summed E-state index contributed by atoms with van der Waals surface area (Å²) in [5, 5.41) is 7.20. The predicted octanol–water partition coefficient (Wildman–Crippen LogP) is 1.44. The monoisotopic (exact) mass is 433 g/mol. The summed E-state index contributed by atoms with van der Waals surface area (Å²) in [4.78, 5) is 14.3. The molecule has 3 heterocycles. The lowest BCUT2D eigenvalue weighted by Gasteiger charge is -2.35. The van der Waals surface area contributed by atoms with Crippen LogP contribution in [0, 0.1) is 0 Å². The zero-order valence-electron chi connectivity index (χ0n) is 17.0. The van der Waals surface area contributed by atoms with Gasteiger partial charge in [-0.25, -0.2) is 0 Å². The number of amides is 1. The van der Waals surface area contributed by atoms with E-state index in [-0.39, 0.29) is 11.8 Å². The minimum Gasteiger partial charge on any atom is -0.379 e. The van der Waals surface area contributed by atoms with Crippen LogP contribution in [-0.4, -0.2) is 79.6 Å². The van der Waals surface area contributed by atoms with Crippen LogP contribution >= 0.6 is 0 Å². The molecule has 0 aliphatic carbocycles. The van der Waals surface area contributed by atoms with E-state index in [9.17, 15) is 13.2 Å². The normalized spacial score (nSPS) is 19.6. The summed E-state index contributed by atoms with van der Waals surface area (Å²) in [7, 11) is -1.72. The number of anilines is 1. The Hall–Kier alpha value is -2.27. The van der Waals surface area contributed by atoms with Crippen molar-refractivity contribution in [3.63, 3.8) is 0 Å². The first kappa shape index (κ1) is 21.0. The number of rotatable bonds is 5. The van der Waals surface area contributed by atoms with E-state index in [1.807, 2.05) is 30.3 Å². The molecule has 0 atom stereocenters. The van der Waals surface area contributed by atoms with Crippen molar-refractivity contribution < 1.29 is 17.9 Å². The van der Waals surface area contributed by atoms with Crippen LogP contribution in [0.15, 0.2) is 36.4 Å². The van der Waals surface area contributed by atoms with E-state index in [0.29, 0.717) is 57.9 Å². The van der Waals surface area contributed by atoms with Gasteiger partial charge in [-0.2, -0.15) is 22.1 Å². The van der Waals surface area contributed by atoms with E-state index in [0.717, 1.165) is 11.4 Å². The smallest absolute Gasteiger partial charge is 0.282 e. The lowest BCUT2D eigenvalue weighted by Crippen LogP contribution is -2.50. The predicted molar refractivity (Wildman–Crippen MR) is 113 cm³/mol. The molecule has 9 nitrogen and oxygen atoms in total. The number of para-hydroxylation sites is 1. The molecule has 2 aliphatic rings. The average molecular weight is 434 g/mol. The summed E-state index contributed by atoms with van der Waals surface area (Å²) < 4.78 is 33.9. The molecule has 0 spiro atoms. The number of aromatic amines is 1. The number of nitrogens with one attached hydrogen (secondary N) is 1. The van der Waals surface area contributed by atoms with Crippen LogP contribution in [-0.2, 0) is 14.9 Å². The molecule has 2 aromatic rings. The number of nitrogens with zero attached hydrogens (tertiary/aromatic N) is 4. The van der Waals surface area contributed by atoms with Gasteiger partial charge in [0.25, 0.3) is 16.1 Å². The second kappa shape index (κ2) is 8.84. The molecule has 30 heavy (non-hydrogen) atoms. The average Bonchev–Trinajstić information content (AvgIpc) is 3.30. The van der Waals surface area contributed by atoms with E-state index in [1.54, 1.807) is 22.3 Å². The number of hydrogen-bond acceptors (Lipinski definition) is 5. The van der Waals surface area contributed by atoms with E-state index in [1.165, 1.54) is 4.31 Å². The number of carbonyl (C=O) groups is 1. The highest BCUT2D eigenvalue weighted by Gasteiger charge is 2.34. The van der Waals surface area contributed by atoms with Crippen LogP contribution in [0.25, 0.3) is 0 Å². The molecule has 1 amide bonds. The molecular formula is C20H27N5O4S. The Morgan fingerprint density at radius 1 is 1.10 bits per heavy atom. The maximum atomic E-state index is 12.8. The quantitative estimate of drug-likeness (QED) is 0.769. The maximum absolute atomic E-state index is 12.8. The fourth-order valence-corrected chi connectivity index (χ4v) is 5.54. The molecule has 1 aromatic heterocycles. The third-order valence-corrected chi connectivity index (χ3v) is 7.82. The number of ether oxygens (including phenoxy) is 1. The summed E-state index contributed by atoms with van der Waals surface area (Å²) in [6, 6.07) is 11.2. The number of morpholine rings is 1. The summed E-state index contributed by atoms with van der Waals surface area (Å²) in [5.41, 5.74) is 2.04. The van der Waals surface area contributed by atoms with E-state index >= 15 is 0 Å². The van der Waals surface area contributed by atoms with Crippen molar-refractivity contribution >= 4 is 21.8 Å². The van der Waals surface area contributed by atoms with Gasteiger partial charge < -0.3 is 9.64 Å². The molecule has 0 radical (unpaired) electrons. The van der Waals surface area contributed by atoms with Crippen LogP contribution in [0.4, 0.5) is 5.69 Å². The van der Waals surface area contributed by atoms with Crippen molar-refractivity contribution in [1.82, 2.24) is 18.8 Å². The number of aromatic nitrogens is 2. The molecule has 0 saturated carbocycles. The van der Waals surface area contributed by atoms with E-state index in [4.69, 9.17) is 4.74 Å². The first-order valence-corrected chi connectivity index (χ1v) is 11.6. The van der Waals surface area contributed by atoms with E-state index in [2.05, 4.69) is 10.2 Å². The maximum Gasteiger partial charge on any atom is 0.282 e.